The molecule has 0 heterocycles. The molecule has 96 valence electrons. The van der Waals surface area contributed by atoms with Crippen LogP contribution in [0.1, 0.15) is 39.5 Å². The van der Waals surface area contributed by atoms with Gasteiger partial charge < -0.3 is 0 Å². The van der Waals surface area contributed by atoms with Gasteiger partial charge in [-0.2, -0.15) is 0 Å². The van der Waals surface area contributed by atoms with Crippen molar-refractivity contribution < 1.29 is 0 Å². The molecule has 2 saturated carbocycles. The fraction of sp³-hybridized carbons (Fsp3) is 1.00. The van der Waals surface area contributed by atoms with E-state index in [-0.39, 0.29) is 6.47 Å². The lowest BCUT2D eigenvalue weighted by Gasteiger charge is -2.03. The molecule has 2 unspecified atom stereocenters. The van der Waals surface area contributed by atoms with Crippen molar-refractivity contribution in [3.63, 3.8) is 0 Å². The van der Waals surface area contributed by atoms with Crippen molar-refractivity contribution in [1.82, 2.24) is 0 Å². The van der Waals surface area contributed by atoms with E-state index in [2.05, 4.69) is 109 Å². The lowest BCUT2D eigenvalue weighted by Crippen LogP contribution is -2.03. The first-order valence-corrected chi connectivity index (χ1v) is 9.93. The summed E-state index contributed by atoms with van der Waals surface area (Å²) in [4.78, 5) is 0. The van der Waals surface area contributed by atoms with Crippen molar-refractivity contribution in [1.29, 1.82) is 0 Å². The molecule has 0 saturated heterocycles. The van der Waals surface area contributed by atoms with Gasteiger partial charge in [0.1, 0.15) is 0 Å². The predicted molar refractivity (Wildman–Crippen MR) is 94.3 cm³/mol. The number of alkyl halides is 6. The highest BCUT2D eigenvalue weighted by atomic mass is 79.9. The minimum absolute atomic E-state index is 0.196. The van der Waals surface area contributed by atoms with Gasteiger partial charge in [-0.05, 0) is 25.7 Å². The predicted octanol–water partition coefficient (Wildman–Crippen LogP) is 6.84. The maximum Gasteiger partial charge on any atom is 0.0972 e. The SMILES string of the molecule is CCC1(Br)CC1(Br)Br.CCC1(Br)CC1(Br)Br. The molecular weight excluding hydrogens is 600 g/mol. The average molecular weight is 614 g/mol. The van der Waals surface area contributed by atoms with E-state index < -0.39 is 0 Å². The molecule has 0 bridgehead atoms. The largest absolute Gasteiger partial charge is 0.0972 e. The number of hydrogen-bond donors (Lipinski definition) is 0. The van der Waals surface area contributed by atoms with Crippen molar-refractivity contribution in [3.05, 3.63) is 0 Å². The Morgan fingerprint density at radius 1 is 0.688 bits per heavy atom. The minimum atomic E-state index is 0.196. The van der Waals surface area contributed by atoms with Crippen molar-refractivity contribution in [2.45, 2.75) is 54.6 Å². The average Bonchev–Trinajstić information content (AvgIpc) is 2.86. The summed E-state index contributed by atoms with van der Waals surface area (Å²) in [5, 5.41) is 0. The fourth-order valence-electron chi connectivity index (χ4n) is 1.38. The fourth-order valence-corrected chi connectivity index (χ4v) is 6.76. The first kappa shape index (κ1) is 16.9. The first-order chi connectivity index (χ1) is 7.04. The maximum absolute atomic E-state index is 3.62. The molecule has 6 heteroatoms. The van der Waals surface area contributed by atoms with Gasteiger partial charge in [0, 0.05) is 0 Å². The molecule has 0 nitrogen and oxygen atoms in total. The molecule has 0 amide bonds. The molecule has 0 N–H and O–H groups in total. The summed E-state index contributed by atoms with van der Waals surface area (Å²) in [7, 11) is 0. The van der Waals surface area contributed by atoms with E-state index in [0.29, 0.717) is 8.65 Å². The summed E-state index contributed by atoms with van der Waals surface area (Å²) in [6.07, 6.45) is 4.69. The van der Waals surface area contributed by atoms with Crippen LogP contribution in [0.25, 0.3) is 0 Å². The number of halogens is 6. The standard InChI is InChI=1S/2C5H7Br3/c2*1-2-4(6)3-5(4,7)8/h2*2-3H2,1H3. The van der Waals surface area contributed by atoms with Crippen LogP contribution in [0, 0.1) is 0 Å². The third-order valence-corrected chi connectivity index (χ3v) is 12.5. The lowest BCUT2D eigenvalue weighted by molar-refractivity contribution is 0.869. The van der Waals surface area contributed by atoms with Crippen LogP contribution in [0.2, 0.25) is 0 Å². The van der Waals surface area contributed by atoms with E-state index in [1.165, 1.54) is 25.7 Å². The molecule has 2 aliphatic rings. The van der Waals surface area contributed by atoms with Crippen LogP contribution in [0.15, 0.2) is 0 Å². The number of hydrogen-bond acceptors (Lipinski definition) is 0. The summed E-state index contributed by atoms with van der Waals surface area (Å²) in [6, 6.07) is 0. The van der Waals surface area contributed by atoms with Crippen LogP contribution in [-0.4, -0.2) is 15.1 Å². The normalized spacial score (nSPS) is 42.0. The van der Waals surface area contributed by atoms with E-state index in [1.54, 1.807) is 0 Å². The van der Waals surface area contributed by atoms with Crippen LogP contribution in [0.5, 0.6) is 0 Å². The monoisotopic (exact) mass is 608 g/mol. The van der Waals surface area contributed by atoms with E-state index in [0.717, 1.165) is 0 Å². The summed E-state index contributed by atoms with van der Waals surface area (Å²) in [6.45, 7) is 4.36. The van der Waals surface area contributed by atoms with E-state index in [9.17, 15) is 0 Å². The minimum Gasteiger partial charge on any atom is -0.0828 e. The van der Waals surface area contributed by atoms with Gasteiger partial charge in [-0.3, -0.25) is 0 Å². The quantitative estimate of drug-likeness (QED) is 0.300. The van der Waals surface area contributed by atoms with Gasteiger partial charge in [0.05, 0.1) is 15.1 Å². The molecule has 2 rings (SSSR count). The van der Waals surface area contributed by atoms with Crippen LogP contribution in [-0.2, 0) is 0 Å². The molecule has 0 aromatic rings. The van der Waals surface area contributed by atoms with E-state index in [4.69, 9.17) is 0 Å². The van der Waals surface area contributed by atoms with Gasteiger partial charge in [0.2, 0.25) is 0 Å². The van der Waals surface area contributed by atoms with Crippen LogP contribution >= 0.6 is 95.6 Å². The second kappa shape index (κ2) is 5.34. The topological polar surface area (TPSA) is 0 Å². The zero-order valence-electron chi connectivity index (χ0n) is 9.10. The first-order valence-electron chi connectivity index (χ1n) is 5.17. The summed E-state index contributed by atoms with van der Waals surface area (Å²) in [5.74, 6) is 0. The highest BCUT2D eigenvalue weighted by molar-refractivity contribution is 9.27. The second-order valence-corrected chi connectivity index (χ2v) is 15.0. The van der Waals surface area contributed by atoms with Crippen LogP contribution in [0.3, 0.4) is 0 Å². The third-order valence-electron chi connectivity index (χ3n) is 3.19. The van der Waals surface area contributed by atoms with E-state index in [1.807, 2.05) is 0 Å². The molecule has 2 aliphatic carbocycles. The molecule has 0 radical (unpaired) electrons. The van der Waals surface area contributed by atoms with E-state index >= 15 is 0 Å². The molecule has 16 heavy (non-hydrogen) atoms. The van der Waals surface area contributed by atoms with Gasteiger partial charge in [-0.15, -0.1) is 0 Å². The Bertz CT molecular complexity index is 248. The molecular formula is C10H14Br6. The van der Waals surface area contributed by atoms with Crippen LogP contribution in [0.4, 0.5) is 0 Å². The highest BCUT2D eigenvalue weighted by Gasteiger charge is 2.62. The molecule has 0 spiro atoms. The van der Waals surface area contributed by atoms with Crippen LogP contribution < -0.4 is 0 Å². The Morgan fingerprint density at radius 2 is 0.875 bits per heavy atom. The summed E-state index contributed by atoms with van der Waals surface area (Å²) in [5.41, 5.74) is 0. The molecule has 0 aromatic heterocycles. The summed E-state index contributed by atoms with van der Waals surface area (Å²) >= 11 is 21.4. The Labute approximate surface area is 148 Å². The highest BCUT2D eigenvalue weighted by Crippen LogP contribution is 2.67. The maximum atomic E-state index is 3.62. The Kier molecular flexibility index (Phi) is 5.65. The summed E-state index contributed by atoms with van der Waals surface area (Å²) < 4.78 is 1.06. The Balaban J connectivity index is 0.000000160. The van der Waals surface area contributed by atoms with Crippen molar-refractivity contribution in [2.24, 2.45) is 0 Å². The third kappa shape index (κ3) is 3.50. The van der Waals surface area contributed by atoms with Gasteiger partial charge in [0.15, 0.2) is 0 Å². The Morgan fingerprint density at radius 3 is 0.875 bits per heavy atom. The number of rotatable bonds is 2. The van der Waals surface area contributed by atoms with Gasteiger partial charge in [-0.25, -0.2) is 0 Å². The smallest absolute Gasteiger partial charge is 0.0828 e. The Hall–Kier alpha value is 2.88. The van der Waals surface area contributed by atoms with Gasteiger partial charge in [-0.1, -0.05) is 109 Å². The van der Waals surface area contributed by atoms with Crippen molar-refractivity contribution in [2.75, 3.05) is 0 Å². The molecule has 0 aromatic carbocycles. The van der Waals surface area contributed by atoms with Crippen molar-refractivity contribution in [3.8, 4) is 0 Å². The van der Waals surface area contributed by atoms with Gasteiger partial charge >= 0.3 is 0 Å². The zero-order valence-corrected chi connectivity index (χ0v) is 18.6. The van der Waals surface area contributed by atoms with Crippen molar-refractivity contribution >= 4 is 95.6 Å². The molecule has 2 fully saturated rings. The zero-order chi connectivity index (χ0) is 12.8. The lowest BCUT2D eigenvalue weighted by atomic mass is 10.3. The van der Waals surface area contributed by atoms with Gasteiger partial charge in [0.25, 0.3) is 0 Å². The molecule has 0 aliphatic heterocycles. The molecule has 2 atom stereocenters. The second-order valence-electron chi connectivity index (χ2n) is 4.40.